The number of hydrogen-bond donors (Lipinski definition) is 3. The van der Waals surface area contributed by atoms with Crippen molar-refractivity contribution in [1.82, 2.24) is 10.6 Å². The van der Waals surface area contributed by atoms with Crippen LogP contribution in [0.4, 0.5) is 0 Å². The molecule has 0 spiro atoms. The summed E-state index contributed by atoms with van der Waals surface area (Å²) in [5, 5.41) is 6.99. The summed E-state index contributed by atoms with van der Waals surface area (Å²) in [6.45, 7) is 6.89. The van der Waals surface area contributed by atoms with Crippen molar-refractivity contribution < 1.29 is 0 Å². The quantitative estimate of drug-likeness (QED) is 0.506. The zero-order valence-electron chi connectivity index (χ0n) is 8.34. The standard InChI is InChI=1S/C10H20N2S/c1-10(13)4-8-2-3-11-5-9(8)6-12-7-10/h8-9,11-13H,2-7H2,1H3. The molecule has 3 unspecified atom stereocenters. The van der Waals surface area contributed by atoms with Gasteiger partial charge in [-0.05, 0) is 51.2 Å². The van der Waals surface area contributed by atoms with Gasteiger partial charge in [0, 0.05) is 11.3 Å². The van der Waals surface area contributed by atoms with E-state index in [0.717, 1.165) is 18.4 Å². The summed E-state index contributed by atoms with van der Waals surface area (Å²) in [6, 6.07) is 0. The molecule has 2 rings (SSSR count). The first kappa shape index (κ1) is 9.81. The summed E-state index contributed by atoms with van der Waals surface area (Å²) in [6.07, 6.45) is 2.61. The van der Waals surface area contributed by atoms with Crippen LogP contribution in [0.2, 0.25) is 0 Å². The summed E-state index contributed by atoms with van der Waals surface area (Å²) in [7, 11) is 0. The van der Waals surface area contributed by atoms with Crippen LogP contribution < -0.4 is 10.6 Å². The smallest absolute Gasteiger partial charge is 0.0229 e. The fourth-order valence-corrected chi connectivity index (χ4v) is 3.00. The largest absolute Gasteiger partial charge is 0.316 e. The lowest BCUT2D eigenvalue weighted by atomic mass is 9.81. The minimum absolute atomic E-state index is 0.205. The van der Waals surface area contributed by atoms with Gasteiger partial charge in [0.2, 0.25) is 0 Å². The highest BCUT2D eigenvalue weighted by molar-refractivity contribution is 7.81. The van der Waals surface area contributed by atoms with E-state index in [1.165, 1.54) is 32.5 Å². The fourth-order valence-electron chi connectivity index (χ4n) is 2.65. The second kappa shape index (κ2) is 3.79. The van der Waals surface area contributed by atoms with Crippen LogP contribution in [-0.2, 0) is 0 Å². The Morgan fingerprint density at radius 3 is 2.85 bits per heavy atom. The molecule has 2 N–H and O–H groups in total. The summed E-state index contributed by atoms with van der Waals surface area (Å²) in [5.74, 6) is 1.72. The van der Waals surface area contributed by atoms with Gasteiger partial charge in [-0.15, -0.1) is 0 Å². The zero-order chi connectivity index (χ0) is 9.31. The second-order valence-corrected chi connectivity index (χ2v) is 5.92. The Morgan fingerprint density at radius 1 is 1.23 bits per heavy atom. The maximum absolute atomic E-state index is 4.72. The van der Waals surface area contributed by atoms with Crippen molar-refractivity contribution in [2.24, 2.45) is 11.8 Å². The van der Waals surface area contributed by atoms with Gasteiger partial charge in [0.15, 0.2) is 0 Å². The van der Waals surface area contributed by atoms with Gasteiger partial charge in [-0.25, -0.2) is 0 Å². The van der Waals surface area contributed by atoms with Crippen LogP contribution in [-0.4, -0.2) is 30.9 Å². The Morgan fingerprint density at radius 2 is 2.00 bits per heavy atom. The van der Waals surface area contributed by atoms with Crippen molar-refractivity contribution >= 4 is 12.6 Å². The molecule has 2 fully saturated rings. The molecule has 3 heteroatoms. The molecule has 0 bridgehead atoms. The van der Waals surface area contributed by atoms with Crippen LogP contribution in [0.15, 0.2) is 0 Å². The van der Waals surface area contributed by atoms with Crippen molar-refractivity contribution in [3.8, 4) is 0 Å². The summed E-state index contributed by atoms with van der Waals surface area (Å²) in [5.41, 5.74) is 0. The average molecular weight is 200 g/mol. The van der Waals surface area contributed by atoms with E-state index in [4.69, 9.17) is 12.6 Å². The van der Waals surface area contributed by atoms with Crippen molar-refractivity contribution in [2.45, 2.75) is 24.5 Å². The predicted octanol–water partition coefficient (Wildman–Crippen LogP) is 0.894. The lowest BCUT2D eigenvalue weighted by Gasteiger charge is -2.33. The van der Waals surface area contributed by atoms with E-state index >= 15 is 0 Å². The zero-order valence-corrected chi connectivity index (χ0v) is 9.24. The molecule has 0 aromatic heterocycles. The van der Waals surface area contributed by atoms with Crippen LogP contribution in [0, 0.1) is 11.8 Å². The first-order chi connectivity index (χ1) is 6.17. The van der Waals surface area contributed by atoms with E-state index in [1.807, 2.05) is 0 Å². The SMILES string of the molecule is CC1(S)CNCC2CNCCC2C1. The molecular formula is C10H20N2S. The third kappa shape index (κ3) is 2.39. The number of nitrogens with one attached hydrogen (secondary N) is 2. The number of hydrogen-bond acceptors (Lipinski definition) is 3. The van der Waals surface area contributed by atoms with E-state index in [0.29, 0.717) is 0 Å². The predicted molar refractivity (Wildman–Crippen MR) is 59.3 cm³/mol. The molecule has 13 heavy (non-hydrogen) atoms. The molecule has 2 aliphatic heterocycles. The van der Waals surface area contributed by atoms with E-state index in [1.54, 1.807) is 0 Å². The summed E-state index contributed by atoms with van der Waals surface area (Å²) in [4.78, 5) is 0. The monoisotopic (exact) mass is 200 g/mol. The molecule has 3 atom stereocenters. The van der Waals surface area contributed by atoms with Crippen LogP contribution >= 0.6 is 12.6 Å². The first-order valence-corrected chi connectivity index (χ1v) is 5.76. The highest BCUT2D eigenvalue weighted by Gasteiger charge is 2.33. The summed E-state index contributed by atoms with van der Waals surface area (Å²) >= 11 is 4.72. The van der Waals surface area contributed by atoms with Gasteiger partial charge in [-0.2, -0.15) is 12.6 Å². The minimum Gasteiger partial charge on any atom is -0.316 e. The van der Waals surface area contributed by atoms with Gasteiger partial charge in [-0.1, -0.05) is 0 Å². The van der Waals surface area contributed by atoms with Crippen LogP contribution in [0.3, 0.4) is 0 Å². The van der Waals surface area contributed by atoms with Crippen LogP contribution in [0.5, 0.6) is 0 Å². The van der Waals surface area contributed by atoms with Crippen molar-refractivity contribution in [3.05, 3.63) is 0 Å². The van der Waals surface area contributed by atoms with Crippen LogP contribution in [0.1, 0.15) is 19.8 Å². The third-order valence-corrected chi connectivity index (χ3v) is 3.72. The molecule has 0 radical (unpaired) electrons. The lowest BCUT2D eigenvalue weighted by molar-refractivity contribution is 0.245. The van der Waals surface area contributed by atoms with Crippen LogP contribution in [0.25, 0.3) is 0 Å². The van der Waals surface area contributed by atoms with E-state index in [2.05, 4.69) is 17.6 Å². The van der Waals surface area contributed by atoms with Crippen molar-refractivity contribution in [3.63, 3.8) is 0 Å². The lowest BCUT2D eigenvalue weighted by Crippen LogP contribution is -2.40. The highest BCUT2D eigenvalue weighted by atomic mass is 32.1. The van der Waals surface area contributed by atoms with Gasteiger partial charge in [0.1, 0.15) is 0 Å². The minimum atomic E-state index is 0.205. The first-order valence-electron chi connectivity index (χ1n) is 5.31. The Kier molecular flexibility index (Phi) is 2.86. The molecule has 2 saturated heterocycles. The highest BCUT2D eigenvalue weighted by Crippen LogP contribution is 2.33. The van der Waals surface area contributed by atoms with E-state index in [-0.39, 0.29) is 4.75 Å². The summed E-state index contributed by atoms with van der Waals surface area (Å²) < 4.78 is 0.205. The molecule has 2 nitrogen and oxygen atoms in total. The number of fused-ring (bicyclic) bond motifs is 1. The molecule has 0 amide bonds. The van der Waals surface area contributed by atoms with Gasteiger partial charge in [-0.3, -0.25) is 0 Å². The maximum atomic E-state index is 4.72. The Bertz CT molecular complexity index is 182. The fraction of sp³-hybridized carbons (Fsp3) is 1.00. The van der Waals surface area contributed by atoms with E-state index < -0.39 is 0 Å². The molecule has 0 saturated carbocycles. The van der Waals surface area contributed by atoms with Gasteiger partial charge in [0.25, 0.3) is 0 Å². The maximum Gasteiger partial charge on any atom is 0.0229 e. The molecule has 2 aliphatic rings. The normalized spacial score (nSPS) is 46.6. The Hall–Kier alpha value is 0.270. The number of thiol groups is 1. The number of rotatable bonds is 0. The molecule has 76 valence electrons. The van der Waals surface area contributed by atoms with Gasteiger partial charge in [0.05, 0.1) is 0 Å². The van der Waals surface area contributed by atoms with E-state index in [9.17, 15) is 0 Å². The van der Waals surface area contributed by atoms with Gasteiger partial charge >= 0.3 is 0 Å². The molecule has 0 aliphatic carbocycles. The van der Waals surface area contributed by atoms with Crippen molar-refractivity contribution in [2.75, 3.05) is 26.2 Å². The molecule has 0 aromatic rings. The molecule has 0 aromatic carbocycles. The average Bonchev–Trinajstić information content (AvgIpc) is 2.21. The Balaban J connectivity index is 2.03. The number of piperidine rings is 1. The Labute approximate surface area is 86.3 Å². The topological polar surface area (TPSA) is 24.1 Å². The molecule has 2 heterocycles. The molecular weight excluding hydrogens is 180 g/mol. The van der Waals surface area contributed by atoms with Gasteiger partial charge < -0.3 is 10.6 Å². The third-order valence-electron chi connectivity index (χ3n) is 3.38. The second-order valence-electron chi connectivity index (χ2n) is 4.84. The van der Waals surface area contributed by atoms with Crippen molar-refractivity contribution in [1.29, 1.82) is 0 Å².